The summed E-state index contributed by atoms with van der Waals surface area (Å²) in [7, 11) is 1.80. The van der Waals surface area contributed by atoms with Gasteiger partial charge in [0.1, 0.15) is 10.8 Å². The molecule has 1 atom stereocenters. The largest absolute Gasteiger partial charge is 0.468 e. The molecule has 2 N–H and O–H groups in total. The Morgan fingerprint density at radius 1 is 1.38 bits per heavy atom. The molecular weight excluding hydrogens is 461 g/mol. The van der Waals surface area contributed by atoms with Gasteiger partial charge in [0.05, 0.1) is 18.8 Å². The first kappa shape index (κ1) is 21.2. The summed E-state index contributed by atoms with van der Waals surface area (Å²) in [5, 5.41) is 7.88. The van der Waals surface area contributed by atoms with Crippen LogP contribution in [0.4, 0.5) is 0 Å². The highest BCUT2D eigenvalue weighted by Gasteiger charge is 2.25. The van der Waals surface area contributed by atoms with Gasteiger partial charge in [-0.15, -0.1) is 35.3 Å². The summed E-state index contributed by atoms with van der Waals surface area (Å²) >= 11 is 1.75. The number of thiazole rings is 1. The highest BCUT2D eigenvalue weighted by Crippen LogP contribution is 2.24. The van der Waals surface area contributed by atoms with Crippen molar-refractivity contribution in [3.05, 3.63) is 40.2 Å². The van der Waals surface area contributed by atoms with Crippen molar-refractivity contribution in [2.24, 2.45) is 4.99 Å². The molecule has 0 radical (unpaired) electrons. The first-order valence-electron chi connectivity index (χ1n) is 8.95. The van der Waals surface area contributed by atoms with E-state index in [-0.39, 0.29) is 30.0 Å². The molecule has 1 aliphatic rings. The molecule has 0 saturated carbocycles. The number of hydrogen-bond acceptors (Lipinski definition) is 5. The molecule has 8 heteroatoms. The molecule has 1 fully saturated rings. The third-order valence-corrected chi connectivity index (χ3v) is 5.64. The number of nitrogens with zero attached hydrogens (tertiary/aromatic N) is 3. The Morgan fingerprint density at radius 2 is 2.19 bits per heavy atom. The van der Waals surface area contributed by atoms with Crippen LogP contribution in [0.25, 0.3) is 0 Å². The quantitative estimate of drug-likeness (QED) is 0.355. The monoisotopic (exact) mass is 489 g/mol. The molecule has 1 aliphatic heterocycles. The zero-order valence-electron chi connectivity index (χ0n) is 15.4. The summed E-state index contributed by atoms with van der Waals surface area (Å²) in [5.74, 6) is 1.81. The third kappa shape index (κ3) is 5.68. The lowest BCUT2D eigenvalue weighted by atomic mass is 10.2. The highest BCUT2D eigenvalue weighted by atomic mass is 127. The van der Waals surface area contributed by atoms with Gasteiger partial charge in [-0.1, -0.05) is 6.92 Å². The second-order valence-electron chi connectivity index (χ2n) is 6.15. The van der Waals surface area contributed by atoms with E-state index in [1.807, 2.05) is 12.3 Å². The van der Waals surface area contributed by atoms with Gasteiger partial charge in [0.15, 0.2) is 5.96 Å². The molecule has 0 amide bonds. The summed E-state index contributed by atoms with van der Waals surface area (Å²) in [4.78, 5) is 12.6. The predicted octanol–water partition coefficient (Wildman–Crippen LogP) is 3.42. The second kappa shape index (κ2) is 10.9. The zero-order valence-corrected chi connectivity index (χ0v) is 18.5. The van der Waals surface area contributed by atoms with Crippen LogP contribution in [0.15, 0.2) is 34.0 Å². The van der Waals surface area contributed by atoms with Crippen LogP contribution in [-0.2, 0) is 13.0 Å². The number of rotatable bonds is 7. The molecule has 2 aromatic heterocycles. The predicted molar refractivity (Wildman–Crippen MR) is 117 cm³/mol. The molecule has 2 aromatic rings. The van der Waals surface area contributed by atoms with Crippen molar-refractivity contribution in [3.63, 3.8) is 0 Å². The molecule has 3 rings (SSSR count). The van der Waals surface area contributed by atoms with Crippen molar-refractivity contribution in [3.8, 4) is 0 Å². The molecule has 26 heavy (non-hydrogen) atoms. The SMILES string of the molecule is CCc1cnc(CNC(=NC)NCC(c2ccco2)N2CCCC2)s1.I. The maximum absolute atomic E-state index is 5.67. The highest BCUT2D eigenvalue weighted by molar-refractivity contribution is 14.0. The Balaban J connectivity index is 0.00000243. The van der Waals surface area contributed by atoms with Crippen LogP contribution in [-0.4, -0.2) is 42.5 Å². The average molecular weight is 489 g/mol. The van der Waals surface area contributed by atoms with Crippen LogP contribution < -0.4 is 10.6 Å². The summed E-state index contributed by atoms with van der Waals surface area (Å²) in [6.45, 7) is 5.86. The van der Waals surface area contributed by atoms with Crippen molar-refractivity contribution >= 4 is 41.3 Å². The Labute approximate surface area is 176 Å². The lowest BCUT2D eigenvalue weighted by molar-refractivity contribution is 0.215. The molecule has 144 valence electrons. The Hall–Kier alpha value is -1.13. The summed E-state index contributed by atoms with van der Waals surface area (Å²) in [6.07, 6.45) is 7.25. The van der Waals surface area contributed by atoms with E-state index >= 15 is 0 Å². The van der Waals surface area contributed by atoms with Gasteiger partial charge in [-0.05, 0) is 44.5 Å². The van der Waals surface area contributed by atoms with Crippen LogP contribution in [0, 0.1) is 0 Å². The van der Waals surface area contributed by atoms with Gasteiger partial charge in [0.25, 0.3) is 0 Å². The summed E-state index contributed by atoms with van der Waals surface area (Å²) in [5.41, 5.74) is 0. The number of guanidine groups is 1. The van der Waals surface area contributed by atoms with E-state index in [4.69, 9.17) is 4.42 Å². The number of aliphatic imine (C=N–C) groups is 1. The maximum Gasteiger partial charge on any atom is 0.191 e. The lowest BCUT2D eigenvalue weighted by Crippen LogP contribution is -2.42. The number of aryl methyl sites for hydroxylation is 1. The molecule has 0 aromatic carbocycles. The number of nitrogens with one attached hydrogen (secondary N) is 2. The fraction of sp³-hybridized carbons (Fsp3) is 0.556. The number of aromatic nitrogens is 1. The minimum absolute atomic E-state index is 0. The maximum atomic E-state index is 5.67. The smallest absolute Gasteiger partial charge is 0.191 e. The van der Waals surface area contributed by atoms with Gasteiger partial charge in [-0.25, -0.2) is 4.98 Å². The van der Waals surface area contributed by atoms with Gasteiger partial charge < -0.3 is 15.1 Å². The lowest BCUT2D eigenvalue weighted by Gasteiger charge is -2.26. The molecule has 0 spiro atoms. The van der Waals surface area contributed by atoms with E-state index < -0.39 is 0 Å². The average Bonchev–Trinajstić information content (AvgIpc) is 3.40. The molecule has 0 bridgehead atoms. The fourth-order valence-electron chi connectivity index (χ4n) is 3.11. The van der Waals surface area contributed by atoms with Crippen LogP contribution in [0.2, 0.25) is 0 Å². The fourth-order valence-corrected chi connectivity index (χ4v) is 3.91. The van der Waals surface area contributed by atoms with Crippen LogP contribution >= 0.6 is 35.3 Å². The third-order valence-electron chi connectivity index (χ3n) is 4.50. The zero-order chi connectivity index (χ0) is 17.5. The second-order valence-corrected chi connectivity index (χ2v) is 7.35. The minimum Gasteiger partial charge on any atom is -0.468 e. The number of likely N-dealkylation sites (tertiary alicyclic amines) is 1. The summed E-state index contributed by atoms with van der Waals surface area (Å²) < 4.78 is 5.67. The summed E-state index contributed by atoms with van der Waals surface area (Å²) in [6, 6.07) is 4.25. The van der Waals surface area contributed by atoms with Crippen LogP contribution in [0.1, 0.15) is 41.5 Å². The molecule has 1 unspecified atom stereocenters. The van der Waals surface area contributed by atoms with Gasteiger partial charge in [-0.3, -0.25) is 9.89 Å². The van der Waals surface area contributed by atoms with Crippen molar-refractivity contribution in [1.29, 1.82) is 0 Å². The van der Waals surface area contributed by atoms with Crippen molar-refractivity contribution in [2.45, 2.75) is 38.8 Å². The van der Waals surface area contributed by atoms with Gasteiger partial charge in [0.2, 0.25) is 0 Å². The van der Waals surface area contributed by atoms with E-state index in [0.29, 0.717) is 6.54 Å². The van der Waals surface area contributed by atoms with E-state index in [9.17, 15) is 0 Å². The van der Waals surface area contributed by atoms with Crippen LogP contribution in [0.3, 0.4) is 0 Å². The Morgan fingerprint density at radius 3 is 2.81 bits per heavy atom. The topological polar surface area (TPSA) is 65.7 Å². The van der Waals surface area contributed by atoms with Gasteiger partial charge in [0, 0.05) is 24.7 Å². The van der Waals surface area contributed by atoms with Gasteiger partial charge in [-0.2, -0.15) is 0 Å². The first-order valence-corrected chi connectivity index (χ1v) is 9.77. The molecule has 6 nitrogen and oxygen atoms in total. The number of halogens is 1. The molecular formula is C18H28IN5OS. The Kier molecular flexibility index (Phi) is 8.86. The van der Waals surface area contributed by atoms with E-state index in [0.717, 1.165) is 42.8 Å². The van der Waals surface area contributed by atoms with Crippen molar-refractivity contribution < 1.29 is 4.42 Å². The molecule has 0 aliphatic carbocycles. The van der Waals surface area contributed by atoms with E-state index in [1.54, 1.807) is 24.6 Å². The van der Waals surface area contributed by atoms with E-state index in [1.165, 1.54) is 17.7 Å². The first-order chi connectivity index (χ1) is 12.3. The molecule has 1 saturated heterocycles. The minimum atomic E-state index is 0. The number of hydrogen-bond donors (Lipinski definition) is 2. The standard InChI is InChI=1S/C18H27N5OS.HI/c1-3-14-11-20-17(25-14)13-22-18(19-2)21-12-15(16-7-6-10-24-16)23-8-4-5-9-23;/h6-7,10-11,15H,3-5,8-9,12-13H2,1-2H3,(H2,19,21,22);1H. The number of furan rings is 1. The van der Waals surface area contributed by atoms with Crippen LogP contribution in [0.5, 0.6) is 0 Å². The van der Waals surface area contributed by atoms with Crippen molar-refractivity contribution in [2.75, 3.05) is 26.7 Å². The molecule has 3 heterocycles. The van der Waals surface area contributed by atoms with Gasteiger partial charge >= 0.3 is 0 Å². The normalized spacial score (nSPS) is 16.3. The van der Waals surface area contributed by atoms with Crippen molar-refractivity contribution in [1.82, 2.24) is 20.5 Å². The Bertz CT molecular complexity index is 667. The van der Waals surface area contributed by atoms with E-state index in [2.05, 4.69) is 38.5 Å².